The van der Waals surface area contributed by atoms with Crippen LogP contribution < -0.4 is 5.43 Å². The summed E-state index contributed by atoms with van der Waals surface area (Å²) in [4.78, 5) is 21.4. The van der Waals surface area contributed by atoms with Crippen LogP contribution in [0.3, 0.4) is 0 Å². The molecule has 0 saturated carbocycles. The van der Waals surface area contributed by atoms with Gasteiger partial charge in [0.1, 0.15) is 5.92 Å². The highest BCUT2D eigenvalue weighted by molar-refractivity contribution is 6.11. The van der Waals surface area contributed by atoms with E-state index in [2.05, 4.69) is 10.5 Å². The van der Waals surface area contributed by atoms with Gasteiger partial charge in [-0.3, -0.25) is 14.9 Å². The van der Waals surface area contributed by atoms with Crippen molar-refractivity contribution in [2.24, 2.45) is 5.10 Å². The number of nitro benzene ring substituents is 1. The zero-order valence-electron chi connectivity index (χ0n) is 8.51. The van der Waals surface area contributed by atoms with Crippen LogP contribution in [0.25, 0.3) is 0 Å². The quantitative estimate of drug-likeness (QED) is 0.598. The molecule has 0 spiro atoms. The van der Waals surface area contributed by atoms with E-state index >= 15 is 0 Å². The normalized spacial score (nSPS) is 19.2. The van der Waals surface area contributed by atoms with Gasteiger partial charge in [0.05, 0.1) is 10.6 Å². The molecule has 6 heteroatoms. The molecule has 1 heterocycles. The fourth-order valence-corrected chi connectivity index (χ4v) is 1.64. The number of nitrogens with one attached hydrogen (secondary N) is 1. The summed E-state index contributed by atoms with van der Waals surface area (Å²) in [6, 6.07) is 5.92. The van der Waals surface area contributed by atoms with Crippen molar-refractivity contribution in [3.05, 3.63) is 39.9 Å². The Bertz CT molecular complexity index is 479. The van der Waals surface area contributed by atoms with Crippen LogP contribution in [0, 0.1) is 10.1 Å². The minimum Gasteiger partial charge on any atom is -0.272 e. The number of rotatable bonds is 2. The molecular formula is C10H9N3O3. The van der Waals surface area contributed by atoms with Crippen molar-refractivity contribution in [2.45, 2.75) is 12.8 Å². The maximum absolute atomic E-state index is 11.4. The molecule has 1 N–H and O–H groups in total. The van der Waals surface area contributed by atoms with E-state index in [0.717, 1.165) is 0 Å². The van der Waals surface area contributed by atoms with Crippen molar-refractivity contribution >= 4 is 17.3 Å². The Morgan fingerprint density at radius 3 is 2.44 bits per heavy atom. The molecule has 0 fully saturated rings. The SMILES string of the molecule is CC1=NNC(=O)C1c1ccc([N+](=O)[O-])cc1. The largest absolute Gasteiger partial charge is 0.272 e. The number of non-ortho nitro benzene ring substituents is 1. The van der Waals surface area contributed by atoms with Gasteiger partial charge < -0.3 is 0 Å². The maximum Gasteiger partial charge on any atom is 0.269 e. The maximum atomic E-state index is 11.4. The van der Waals surface area contributed by atoms with Crippen molar-refractivity contribution in [3.63, 3.8) is 0 Å². The molecule has 2 rings (SSSR count). The van der Waals surface area contributed by atoms with Gasteiger partial charge in [-0.25, -0.2) is 5.43 Å². The van der Waals surface area contributed by atoms with E-state index in [-0.39, 0.29) is 11.6 Å². The van der Waals surface area contributed by atoms with E-state index in [9.17, 15) is 14.9 Å². The fraction of sp³-hybridized carbons (Fsp3) is 0.200. The predicted molar refractivity (Wildman–Crippen MR) is 57.1 cm³/mol. The molecule has 82 valence electrons. The summed E-state index contributed by atoms with van der Waals surface area (Å²) in [6.45, 7) is 1.74. The number of hydrogen-bond acceptors (Lipinski definition) is 4. The molecule has 1 amide bonds. The highest BCUT2D eigenvalue weighted by Gasteiger charge is 2.28. The van der Waals surface area contributed by atoms with Gasteiger partial charge in [-0.15, -0.1) is 0 Å². The first kappa shape index (κ1) is 10.3. The average molecular weight is 219 g/mol. The molecule has 16 heavy (non-hydrogen) atoms. The minimum absolute atomic E-state index is 0.0109. The van der Waals surface area contributed by atoms with Gasteiger partial charge in [0.15, 0.2) is 0 Å². The molecule has 1 atom stereocenters. The molecular weight excluding hydrogens is 210 g/mol. The van der Waals surface area contributed by atoms with Crippen LogP contribution in [0.4, 0.5) is 5.69 Å². The monoisotopic (exact) mass is 219 g/mol. The third kappa shape index (κ3) is 1.65. The Balaban J connectivity index is 2.32. The van der Waals surface area contributed by atoms with E-state index in [1.54, 1.807) is 19.1 Å². The summed E-state index contributed by atoms with van der Waals surface area (Å²) in [7, 11) is 0. The molecule has 0 bridgehead atoms. The van der Waals surface area contributed by atoms with Crippen molar-refractivity contribution in [1.29, 1.82) is 0 Å². The first-order valence-electron chi connectivity index (χ1n) is 4.68. The van der Waals surface area contributed by atoms with Crippen LogP contribution in [-0.2, 0) is 4.79 Å². The molecule has 0 aromatic heterocycles. The summed E-state index contributed by atoms with van der Waals surface area (Å²) in [5.41, 5.74) is 3.76. The lowest BCUT2D eigenvalue weighted by Gasteiger charge is -2.07. The van der Waals surface area contributed by atoms with Gasteiger partial charge in [-0.2, -0.15) is 5.10 Å². The third-order valence-electron chi connectivity index (χ3n) is 2.46. The summed E-state index contributed by atoms with van der Waals surface area (Å²) < 4.78 is 0. The zero-order valence-corrected chi connectivity index (χ0v) is 8.51. The highest BCUT2D eigenvalue weighted by atomic mass is 16.6. The van der Waals surface area contributed by atoms with Gasteiger partial charge in [-0.05, 0) is 12.5 Å². The Labute approximate surface area is 91.1 Å². The predicted octanol–water partition coefficient (Wildman–Crippen LogP) is 1.18. The van der Waals surface area contributed by atoms with Crippen molar-refractivity contribution in [1.82, 2.24) is 5.43 Å². The van der Waals surface area contributed by atoms with Crippen LogP contribution in [-0.4, -0.2) is 16.5 Å². The lowest BCUT2D eigenvalue weighted by Crippen LogP contribution is -2.20. The third-order valence-corrected chi connectivity index (χ3v) is 2.46. The van der Waals surface area contributed by atoms with Crippen LogP contribution in [0.15, 0.2) is 29.4 Å². The minimum atomic E-state index is -0.473. The number of benzene rings is 1. The number of amides is 1. The number of hydrogen-bond donors (Lipinski definition) is 1. The topological polar surface area (TPSA) is 84.6 Å². The van der Waals surface area contributed by atoms with Crippen LogP contribution >= 0.6 is 0 Å². The lowest BCUT2D eigenvalue weighted by atomic mass is 9.95. The van der Waals surface area contributed by atoms with Gasteiger partial charge in [0.25, 0.3) is 11.6 Å². The van der Waals surface area contributed by atoms with Crippen LogP contribution in [0.2, 0.25) is 0 Å². The Kier molecular flexibility index (Phi) is 2.40. The average Bonchev–Trinajstić information content (AvgIpc) is 2.59. The second-order valence-corrected chi connectivity index (χ2v) is 3.51. The fourth-order valence-electron chi connectivity index (χ4n) is 1.64. The van der Waals surface area contributed by atoms with E-state index in [1.807, 2.05) is 0 Å². The number of nitrogens with zero attached hydrogens (tertiary/aromatic N) is 2. The van der Waals surface area contributed by atoms with E-state index in [1.165, 1.54) is 12.1 Å². The van der Waals surface area contributed by atoms with Crippen molar-refractivity contribution in [2.75, 3.05) is 0 Å². The smallest absolute Gasteiger partial charge is 0.269 e. The highest BCUT2D eigenvalue weighted by Crippen LogP contribution is 2.23. The van der Waals surface area contributed by atoms with Gasteiger partial charge in [0.2, 0.25) is 0 Å². The van der Waals surface area contributed by atoms with Gasteiger partial charge in [0, 0.05) is 12.1 Å². The second-order valence-electron chi connectivity index (χ2n) is 3.51. The van der Waals surface area contributed by atoms with E-state index in [4.69, 9.17) is 0 Å². The van der Waals surface area contributed by atoms with Gasteiger partial charge in [-0.1, -0.05) is 12.1 Å². The summed E-state index contributed by atoms with van der Waals surface area (Å²) in [5.74, 6) is -0.632. The molecule has 1 unspecified atom stereocenters. The van der Waals surface area contributed by atoms with Crippen molar-refractivity contribution in [3.8, 4) is 0 Å². The molecule has 1 aromatic carbocycles. The Morgan fingerprint density at radius 2 is 2.00 bits per heavy atom. The van der Waals surface area contributed by atoms with E-state index in [0.29, 0.717) is 11.3 Å². The summed E-state index contributed by atoms with van der Waals surface area (Å²) in [5, 5.41) is 14.3. The molecule has 1 aromatic rings. The number of carbonyl (C=O) groups is 1. The van der Waals surface area contributed by atoms with E-state index < -0.39 is 10.8 Å². The molecule has 1 aliphatic rings. The lowest BCUT2D eigenvalue weighted by molar-refractivity contribution is -0.384. The second kappa shape index (κ2) is 3.73. The van der Waals surface area contributed by atoms with Crippen LogP contribution in [0.5, 0.6) is 0 Å². The molecule has 6 nitrogen and oxygen atoms in total. The first-order valence-corrected chi connectivity index (χ1v) is 4.68. The van der Waals surface area contributed by atoms with Gasteiger partial charge >= 0.3 is 0 Å². The number of carbonyl (C=O) groups excluding carboxylic acids is 1. The Hall–Kier alpha value is -2.24. The molecule has 0 radical (unpaired) electrons. The summed E-state index contributed by atoms with van der Waals surface area (Å²) >= 11 is 0. The molecule has 0 saturated heterocycles. The first-order chi connectivity index (χ1) is 7.59. The number of hydrazone groups is 1. The molecule has 1 aliphatic heterocycles. The standard InChI is InChI=1S/C10H9N3O3/c1-6-9(10(14)12-11-6)7-2-4-8(5-3-7)13(15)16/h2-5,9H,1H3,(H,12,14). The van der Waals surface area contributed by atoms with Crippen LogP contribution in [0.1, 0.15) is 18.4 Å². The van der Waals surface area contributed by atoms with Crippen molar-refractivity contribution < 1.29 is 9.72 Å². The Morgan fingerprint density at radius 1 is 1.38 bits per heavy atom. The molecule has 0 aliphatic carbocycles. The number of nitro groups is 1. The summed E-state index contributed by atoms with van der Waals surface area (Å²) in [6.07, 6.45) is 0. The zero-order chi connectivity index (χ0) is 11.7.